The molecular weight excluding hydrogens is 176 g/mol. The summed E-state index contributed by atoms with van der Waals surface area (Å²) in [6.45, 7) is 7.72. The first-order chi connectivity index (χ1) is 5.99. The molecule has 0 spiro atoms. The second-order valence-electron chi connectivity index (χ2n) is 1.93. The topological polar surface area (TPSA) is 83.8 Å². The summed E-state index contributed by atoms with van der Waals surface area (Å²) in [5, 5.41) is 15.2. The van der Waals surface area contributed by atoms with E-state index in [2.05, 4.69) is 18.0 Å². The Hall–Kier alpha value is -1.62. The first-order valence-corrected chi connectivity index (χ1v) is 3.29. The molecule has 0 aliphatic heterocycles. The molecule has 13 heavy (non-hydrogen) atoms. The van der Waals surface area contributed by atoms with E-state index in [-0.39, 0.29) is 0 Å². The lowest BCUT2D eigenvalue weighted by molar-refractivity contribution is -0.236. The van der Waals surface area contributed by atoms with Crippen molar-refractivity contribution in [1.82, 2.24) is 0 Å². The van der Waals surface area contributed by atoms with Gasteiger partial charge in [0.2, 0.25) is 0 Å². The summed E-state index contributed by atoms with van der Waals surface area (Å²) in [4.78, 5) is 22.8. The first-order valence-electron chi connectivity index (χ1n) is 3.29. The van der Waals surface area contributed by atoms with Crippen molar-refractivity contribution < 1.29 is 24.8 Å². The van der Waals surface area contributed by atoms with Gasteiger partial charge in [-0.2, -0.15) is 5.26 Å². The van der Waals surface area contributed by atoms with E-state index in [0.29, 0.717) is 0 Å². The van der Waals surface area contributed by atoms with Crippen molar-refractivity contribution in [3.8, 4) is 0 Å². The SMILES string of the molecule is C=CC(C=C)C(=O)OO.CC(=O)O. The molecule has 0 bridgehead atoms. The van der Waals surface area contributed by atoms with Crippen molar-refractivity contribution in [2.45, 2.75) is 6.92 Å². The van der Waals surface area contributed by atoms with E-state index in [9.17, 15) is 4.79 Å². The van der Waals surface area contributed by atoms with Gasteiger partial charge in [-0.1, -0.05) is 12.2 Å². The van der Waals surface area contributed by atoms with Crippen LogP contribution in [0.3, 0.4) is 0 Å². The zero-order valence-corrected chi connectivity index (χ0v) is 7.27. The molecule has 0 radical (unpaired) electrons. The summed E-state index contributed by atoms with van der Waals surface area (Å²) in [6, 6.07) is 0. The van der Waals surface area contributed by atoms with Gasteiger partial charge in [0.25, 0.3) is 5.97 Å². The van der Waals surface area contributed by atoms with Crippen LogP contribution < -0.4 is 0 Å². The highest BCUT2D eigenvalue weighted by atomic mass is 17.1. The van der Waals surface area contributed by atoms with E-state index in [4.69, 9.17) is 15.2 Å². The molecule has 0 atom stereocenters. The van der Waals surface area contributed by atoms with Gasteiger partial charge in [-0.3, -0.25) is 4.79 Å². The van der Waals surface area contributed by atoms with Crippen LogP contribution in [0.1, 0.15) is 6.92 Å². The van der Waals surface area contributed by atoms with Gasteiger partial charge in [-0.15, -0.1) is 13.2 Å². The Labute approximate surface area is 75.9 Å². The molecule has 0 fully saturated rings. The highest BCUT2D eigenvalue weighted by Gasteiger charge is 2.10. The van der Waals surface area contributed by atoms with Crippen LogP contribution in [0.5, 0.6) is 0 Å². The highest BCUT2D eigenvalue weighted by molar-refractivity contribution is 5.75. The van der Waals surface area contributed by atoms with Crippen molar-refractivity contribution in [3.63, 3.8) is 0 Å². The van der Waals surface area contributed by atoms with Gasteiger partial charge in [0, 0.05) is 6.92 Å². The molecule has 0 unspecified atom stereocenters. The minimum Gasteiger partial charge on any atom is -0.481 e. The molecule has 2 N–H and O–H groups in total. The van der Waals surface area contributed by atoms with E-state index in [1.807, 2.05) is 0 Å². The number of aliphatic carboxylic acids is 1. The van der Waals surface area contributed by atoms with Crippen LogP contribution in [0.15, 0.2) is 25.3 Å². The van der Waals surface area contributed by atoms with Crippen LogP contribution in [0.2, 0.25) is 0 Å². The van der Waals surface area contributed by atoms with Crippen LogP contribution in [0, 0.1) is 5.92 Å². The van der Waals surface area contributed by atoms with Gasteiger partial charge >= 0.3 is 5.97 Å². The van der Waals surface area contributed by atoms with Gasteiger partial charge < -0.3 is 9.99 Å². The molecule has 0 saturated heterocycles. The van der Waals surface area contributed by atoms with Crippen LogP contribution >= 0.6 is 0 Å². The summed E-state index contributed by atoms with van der Waals surface area (Å²) in [7, 11) is 0. The second kappa shape index (κ2) is 8.48. The van der Waals surface area contributed by atoms with Gasteiger partial charge in [0.1, 0.15) is 0 Å². The molecule has 0 aliphatic rings. The molecule has 0 saturated carbocycles. The summed E-state index contributed by atoms with van der Waals surface area (Å²) in [5.74, 6) is -2.21. The third-order valence-corrected chi connectivity index (χ3v) is 0.870. The molecule has 0 aromatic heterocycles. The zero-order valence-electron chi connectivity index (χ0n) is 7.27. The summed E-state index contributed by atoms with van der Waals surface area (Å²) in [6.07, 6.45) is 2.65. The number of hydrogen-bond donors (Lipinski definition) is 2. The molecule has 0 rings (SSSR count). The molecule has 5 nitrogen and oxygen atoms in total. The third kappa shape index (κ3) is 10.4. The maximum Gasteiger partial charge on any atom is 0.352 e. The van der Waals surface area contributed by atoms with E-state index in [1.54, 1.807) is 0 Å². The Kier molecular flexibility index (Phi) is 9.09. The van der Waals surface area contributed by atoms with E-state index < -0.39 is 17.9 Å². The van der Waals surface area contributed by atoms with Crippen LogP contribution in [0.25, 0.3) is 0 Å². The molecule has 0 amide bonds. The van der Waals surface area contributed by atoms with Gasteiger partial charge in [-0.25, -0.2) is 4.79 Å². The van der Waals surface area contributed by atoms with Gasteiger partial charge in [0.05, 0.1) is 5.92 Å². The maximum atomic E-state index is 10.4. The van der Waals surface area contributed by atoms with Crippen molar-refractivity contribution in [3.05, 3.63) is 25.3 Å². The lowest BCUT2D eigenvalue weighted by Crippen LogP contribution is -2.10. The Balaban J connectivity index is 0. The van der Waals surface area contributed by atoms with Gasteiger partial charge in [-0.05, 0) is 0 Å². The Morgan fingerprint density at radius 3 is 1.77 bits per heavy atom. The van der Waals surface area contributed by atoms with Crippen molar-refractivity contribution in [1.29, 1.82) is 0 Å². The minimum absolute atomic E-state index is 0.616. The smallest absolute Gasteiger partial charge is 0.352 e. The average molecular weight is 188 g/mol. The molecule has 0 aromatic rings. The fourth-order valence-corrected chi connectivity index (χ4v) is 0.350. The molecule has 74 valence electrons. The number of carboxylic acids is 1. The van der Waals surface area contributed by atoms with Crippen LogP contribution in [-0.4, -0.2) is 22.3 Å². The van der Waals surface area contributed by atoms with Gasteiger partial charge in [0.15, 0.2) is 0 Å². The van der Waals surface area contributed by atoms with E-state index in [0.717, 1.165) is 6.92 Å². The summed E-state index contributed by atoms with van der Waals surface area (Å²) < 4.78 is 0. The summed E-state index contributed by atoms with van der Waals surface area (Å²) in [5.41, 5.74) is 0. The first kappa shape index (κ1) is 13.9. The van der Waals surface area contributed by atoms with Crippen molar-refractivity contribution >= 4 is 11.9 Å². The normalized spacial score (nSPS) is 7.92. The summed E-state index contributed by atoms with van der Waals surface area (Å²) >= 11 is 0. The number of rotatable bonds is 3. The molecule has 0 aliphatic carbocycles. The molecule has 5 heteroatoms. The Bertz CT molecular complexity index is 185. The largest absolute Gasteiger partial charge is 0.481 e. The number of carboxylic acid groups (broad SMARTS) is 1. The Morgan fingerprint density at radius 1 is 1.38 bits per heavy atom. The number of carbonyl (C=O) groups is 2. The quantitative estimate of drug-likeness (QED) is 0.393. The van der Waals surface area contributed by atoms with Crippen molar-refractivity contribution in [2.75, 3.05) is 0 Å². The van der Waals surface area contributed by atoms with Crippen LogP contribution in [0.4, 0.5) is 0 Å². The van der Waals surface area contributed by atoms with E-state index >= 15 is 0 Å². The van der Waals surface area contributed by atoms with Crippen LogP contribution in [-0.2, 0) is 14.5 Å². The highest BCUT2D eigenvalue weighted by Crippen LogP contribution is 1.99. The molecule has 0 aromatic carbocycles. The Morgan fingerprint density at radius 2 is 1.69 bits per heavy atom. The third-order valence-electron chi connectivity index (χ3n) is 0.870. The monoisotopic (exact) mass is 188 g/mol. The molecule has 0 heterocycles. The fourth-order valence-electron chi connectivity index (χ4n) is 0.350. The standard InChI is InChI=1S/C6H8O3.C2H4O2/c1-3-5(4-2)6(7)9-8;1-2(3)4/h3-5,8H,1-2H2;1H3,(H,3,4). The number of carbonyl (C=O) groups excluding carboxylic acids is 1. The predicted molar refractivity (Wildman–Crippen MR) is 45.9 cm³/mol. The molecular formula is C8H12O5. The average Bonchev–Trinajstić information content (AvgIpc) is 2.05. The fraction of sp³-hybridized carbons (Fsp3) is 0.250. The zero-order chi connectivity index (χ0) is 10.9. The predicted octanol–water partition coefficient (Wildman–Crippen LogP) is 1.08. The van der Waals surface area contributed by atoms with Crippen molar-refractivity contribution in [2.24, 2.45) is 5.92 Å². The maximum absolute atomic E-state index is 10.4. The second-order valence-corrected chi connectivity index (χ2v) is 1.93. The number of hydrogen-bond acceptors (Lipinski definition) is 4. The van der Waals surface area contributed by atoms with E-state index in [1.165, 1.54) is 12.2 Å². The minimum atomic E-state index is -0.833. The lowest BCUT2D eigenvalue weighted by atomic mass is 10.1. The lowest BCUT2D eigenvalue weighted by Gasteiger charge is -1.98.